The number of halogens is 2. The number of ether oxygens (including phenoxy) is 1. The molecule has 2 aromatic heterocycles. The van der Waals surface area contributed by atoms with Gasteiger partial charge in [-0.05, 0) is 30.7 Å². The van der Waals surface area contributed by atoms with Crippen molar-refractivity contribution < 1.29 is 14.3 Å². The van der Waals surface area contributed by atoms with Gasteiger partial charge in [0, 0.05) is 24.1 Å². The van der Waals surface area contributed by atoms with Gasteiger partial charge >= 0.3 is 0 Å². The normalized spacial score (nSPS) is 17.4. The third kappa shape index (κ3) is 3.64. The Balaban J connectivity index is 1.64. The molecule has 0 amide bonds. The molecule has 140 valence electrons. The van der Waals surface area contributed by atoms with Crippen LogP contribution in [-0.2, 0) is 4.74 Å². The molecule has 3 heterocycles. The number of imidazole rings is 1. The highest BCUT2D eigenvalue weighted by molar-refractivity contribution is 6.31. The first-order chi connectivity index (χ1) is 13.1. The summed E-state index contributed by atoms with van der Waals surface area (Å²) in [7, 11) is 0. The summed E-state index contributed by atoms with van der Waals surface area (Å²) in [5, 5.41) is 19.0. The number of oxime groups is 1. The Kier molecular flexibility index (Phi) is 4.78. The summed E-state index contributed by atoms with van der Waals surface area (Å²) in [5.41, 5.74) is 2.08. The molecular formula is C17H16ClFN6O2. The van der Waals surface area contributed by atoms with E-state index in [1.165, 1.54) is 18.2 Å². The van der Waals surface area contributed by atoms with Crippen LogP contribution in [0.1, 0.15) is 12.0 Å². The monoisotopic (exact) mass is 390 g/mol. The van der Waals surface area contributed by atoms with Gasteiger partial charge in [-0.2, -0.15) is 4.98 Å². The molecule has 0 radical (unpaired) electrons. The summed E-state index contributed by atoms with van der Waals surface area (Å²) < 4.78 is 18.7. The fraction of sp³-hybridized carbons (Fsp3) is 0.235. The van der Waals surface area contributed by atoms with E-state index < -0.39 is 5.82 Å². The number of hydrogen-bond donors (Lipinski definition) is 4. The van der Waals surface area contributed by atoms with Crippen LogP contribution in [-0.4, -0.2) is 45.3 Å². The van der Waals surface area contributed by atoms with Crippen molar-refractivity contribution in [1.29, 1.82) is 0 Å². The Morgan fingerprint density at radius 1 is 1.41 bits per heavy atom. The number of rotatable bonds is 4. The highest BCUT2D eigenvalue weighted by Gasteiger charge is 2.19. The van der Waals surface area contributed by atoms with Crippen LogP contribution in [0.15, 0.2) is 35.6 Å². The molecule has 1 fully saturated rings. The zero-order valence-electron chi connectivity index (χ0n) is 14.0. The van der Waals surface area contributed by atoms with Crippen molar-refractivity contribution >= 4 is 40.2 Å². The van der Waals surface area contributed by atoms with E-state index in [9.17, 15) is 9.60 Å². The van der Waals surface area contributed by atoms with Crippen LogP contribution >= 0.6 is 11.6 Å². The van der Waals surface area contributed by atoms with Crippen LogP contribution in [0, 0.1) is 5.82 Å². The van der Waals surface area contributed by atoms with Gasteiger partial charge in [-0.1, -0.05) is 16.8 Å². The molecule has 1 unspecified atom stereocenters. The Morgan fingerprint density at radius 3 is 3.04 bits per heavy atom. The van der Waals surface area contributed by atoms with Crippen molar-refractivity contribution in [3.8, 4) is 0 Å². The van der Waals surface area contributed by atoms with Gasteiger partial charge in [0.15, 0.2) is 11.5 Å². The molecule has 1 aliphatic heterocycles. The molecule has 27 heavy (non-hydrogen) atoms. The first kappa shape index (κ1) is 17.5. The van der Waals surface area contributed by atoms with Gasteiger partial charge in [-0.3, -0.25) is 0 Å². The number of hydrogen-bond acceptors (Lipinski definition) is 6. The standard InChI is InChI=1S/C17H16ClFN6O2/c18-12-7-9(1-2-13(12)19)21-15(25-26)11-3-5-20-16-14(11)23-17(24-16)22-10-4-6-27-8-10/h1-3,5,7,10,26H,4,6,8H2,(H,21,25)(H2,20,22,23,24). The first-order valence-corrected chi connectivity index (χ1v) is 8.65. The fourth-order valence-electron chi connectivity index (χ4n) is 2.88. The second-order valence-corrected chi connectivity index (χ2v) is 6.46. The zero-order valence-corrected chi connectivity index (χ0v) is 14.8. The smallest absolute Gasteiger partial charge is 0.203 e. The van der Waals surface area contributed by atoms with Crippen molar-refractivity contribution in [2.75, 3.05) is 23.8 Å². The third-order valence-electron chi connectivity index (χ3n) is 4.20. The molecule has 4 N–H and O–H groups in total. The number of H-pyrrole nitrogens is 1. The van der Waals surface area contributed by atoms with Crippen LogP contribution in [0.2, 0.25) is 5.02 Å². The number of benzene rings is 1. The van der Waals surface area contributed by atoms with E-state index in [4.69, 9.17) is 16.3 Å². The molecule has 0 saturated carbocycles. The number of anilines is 2. The molecule has 0 bridgehead atoms. The van der Waals surface area contributed by atoms with Gasteiger partial charge in [0.05, 0.1) is 23.2 Å². The van der Waals surface area contributed by atoms with Gasteiger partial charge in [0.2, 0.25) is 5.95 Å². The van der Waals surface area contributed by atoms with Crippen LogP contribution < -0.4 is 10.6 Å². The summed E-state index contributed by atoms with van der Waals surface area (Å²) >= 11 is 5.80. The molecule has 1 atom stereocenters. The summed E-state index contributed by atoms with van der Waals surface area (Å²) in [5.74, 6) is 0.170. The maximum Gasteiger partial charge on any atom is 0.203 e. The minimum atomic E-state index is -0.531. The van der Waals surface area contributed by atoms with Gasteiger partial charge in [0.25, 0.3) is 0 Å². The number of aromatic nitrogens is 3. The van der Waals surface area contributed by atoms with E-state index in [-0.39, 0.29) is 16.9 Å². The largest absolute Gasteiger partial charge is 0.409 e. The molecule has 0 aliphatic carbocycles. The maximum absolute atomic E-state index is 13.3. The molecule has 4 rings (SSSR count). The minimum Gasteiger partial charge on any atom is -0.409 e. The van der Waals surface area contributed by atoms with Gasteiger partial charge in [-0.15, -0.1) is 0 Å². The number of nitrogens with zero attached hydrogens (tertiary/aromatic N) is 3. The van der Waals surface area contributed by atoms with Crippen molar-refractivity contribution in [2.45, 2.75) is 12.5 Å². The Labute approximate surface area is 158 Å². The van der Waals surface area contributed by atoms with Crippen molar-refractivity contribution in [3.63, 3.8) is 0 Å². The van der Waals surface area contributed by atoms with E-state index >= 15 is 0 Å². The quantitative estimate of drug-likeness (QED) is 0.236. The van der Waals surface area contributed by atoms with E-state index in [0.717, 1.165) is 6.42 Å². The predicted octanol–water partition coefficient (Wildman–Crippen LogP) is 3.20. The average molecular weight is 391 g/mol. The molecular weight excluding hydrogens is 375 g/mol. The number of nitrogens with one attached hydrogen (secondary N) is 3. The van der Waals surface area contributed by atoms with Gasteiger partial charge in [0.1, 0.15) is 5.82 Å². The molecule has 0 spiro atoms. The van der Waals surface area contributed by atoms with E-state index in [1.54, 1.807) is 12.3 Å². The highest BCUT2D eigenvalue weighted by atomic mass is 35.5. The summed E-state index contributed by atoms with van der Waals surface area (Å²) in [6.45, 7) is 1.33. The third-order valence-corrected chi connectivity index (χ3v) is 4.49. The second-order valence-electron chi connectivity index (χ2n) is 6.05. The number of pyridine rings is 1. The number of aromatic amines is 1. The summed E-state index contributed by atoms with van der Waals surface area (Å²) in [4.78, 5) is 11.8. The lowest BCUT2D eigenvalue weighted by Gasteiger charge is -2.10. The van der Waals surface area contributed by atoms with E-state index in [0.29, 0.717) is 41.6 Å². The van der Waals surface area contributed by atoms with Crippen LogP contribution in [0.5, 0.6) is 0 Å². The van der Waals surface area contributed by atoms with E-state index in [2.05, 4.69) is 30.7 Å². The number of fused-ring (bicyclic) bond motifs is 1. The van der Waals surface area contributed by atoms with Crippen molar-refractivity contribution in [1.82, 2.24) is 15.0 Å². The fourth-order valence-corrected chi connectivity index (χ4v) is 3.06. The topological polar surface area (TPSA) is 107 Å². The van der Waals surface area contributed by atoms with Crippen molar-refractivity contribution in [2.24, 2.45) is 5.16 Å². The Morgan fingerprint density at radius 2 is 2.30 bits per heavy atom. The average Bonchev–Trinajstić information content (AvgIpc) is 3.32. The van der Waals surface area contributed by atoms with Crippen LogP contribution in [0.3, 0.4) is 0 Å². The summed E-state index contributed by atoms with van der Waals surface area (Å²) in [6.07, 6.45) is 2.46. The SMILES string of the molecule is O/N=C(\Nc1ccc(F)c(Cl)c1)c1ccnc2nc(NC3CCOC3)[nH]c12. The van der Waals surface area contributed by atoms with Gasteiger partial charge < -0.3 is 25.6 Å². The van der Waals surface area contributed by atoms with Crippen molar-refractivity contribution in [3.05, 3.63) is 46.9 Å². The highest BCUT2D eigenvalue weighted by Crippen LogP contribution is 2.23. The molecule has 8 nitrogen and oxygen atoms in total. The van der Waals surface area contributed by atoms with Gasteiger partial charge in [-0.25, -0.2) is 9.37 Å². The van der Waals surface area contributed by atoms with E-state index in [1.807, 2.05) is 0 Å². The Bertz CT molecular complexity index is 1000. The maximum atomic E-state index is 13.3. The second kappa shape index (κ2) is 7.37. The molecule has 1 aromatic carbocycles. The van der Waals surface area contributed by atoms with Crippen LogP contribution in [0.4, 0.5) is 16.0 Å². The molecule has 10 heteroatoms. The zero-order chi connectivity index (χ0) is 18.8. The molecule has 3 aromatic rings. The molecule has 1 saturated heterocycles. The molecule has 1 aliphatic rings. The summed E-state index contributed by atoms with van der Waals surface area (Å²) in [6, 6.07) is 5.98. The van der Waals surface area contributed by atoms with Crippen LogP contribution in [0.25, 0.3) is 11.2 Å². The lowest BCUT2D eigenvalue weighted by atomic mass is 10.2. The first-order valence-electron chi connectivity index (χ1n) is 8.27. The Hall–Kier alpha value is -2.91. The lowest BCUT2D eigenvalue weighted by molar-refractivity contribution is 0.195. The minimum absolute atomic E-state index is 0.0380. The number of amidine groups is 1. The predicted molar refractivity (Wildman–Crippen MR) is 100 cm³/mol. The lowest BCUT2D eigenvalue weighted by Crippen LogP contribution is -2.19.